The summed E-state index contributed by atoms with van der Waals surface area (Å²) in [5.74, 6) is -2.54. The van der Waals surface area contributed by atoms with E-state index in [1.165, 1.54) is 4.90 Å². The summed E-state index contributed by atoms with van der Waals surface area (Å²) < 4.78 is 82.1. The van der Waals surface area contributed by atoms with Crippen LogP contribution < -0.4 is 5.32 Å². The fraction of sp³-hybridized carbons (Fsp3) is 0.471. The first-order valence-electron chi connectivity index (χ1n) is 8.64. The third-order valence-electron chi connectivity index (χ3n) is 4.13. The maximum atomic E-state index is 12.9. The Morgan fingerprint density at radius 3 is 1.80 bits per heavy atom. The van der Waals surface area contributed by atoms with Gasteiger partial charge in [-0.25, -0.2) is 4.79 Å². The topological polar surface area (TPSA) is 79.0 Å². The number of hydrogen-bond acceptors (Lipinski definition) is 4. The second-order valence-corrected chi connectivity index (χ2v) is 6.23. The Morgan fingerprint density at radius 2 is 1.37 bits per heavy atom. The fourth-order valence-corrected chi connectivity index (χ4v) is 2.66. The van der Waals surface area contributed by atoms with E-state index in [2.05, 4.69) is 0 Å². The molecule has 1 aliphatic rings. The summed E-state index contributed by atoms with van der Waals surface area (Å²) in [5.41, 5.74) is -4.06. The summed E-state index contributed by atoms with van der Waals surface area (Å²) >= 11 is 0. The van der Waals surface area contributed by atoms with Crippen molar-refractivity contribution in [3.05, 3.63) is 29.3 Å². The van der Waals surface area contributed by atoms with Crippen LogP contribution in [0.3, 0.4) is 0 Å². The molecular formula is C17H17F6N3O4. The molecule has 0 aromatic heterocycles. The maximum Gasteiger partial charge on any atom is 0.416 e. The molecule has 1 N–H and O–H groups in total. The van der Waals surface area contributed by atoms with Crippen LogP contribution in [-0.2, 0) is 26.7 Å². The van der Waals surface area contributed by atoms with Crippen molar-refractivity contribution in [1.29, 1.82) is 0 Å². The number of nitrogens with one attached hydrogen (secondary N) is 1. The Labute approximate surface area is 166 Å². The number of nitrogens with zero attached hydrogens (tertiary/aromatic N) is 2. The maximum absolute atomic E-state index is 12.9. The largest absolute Gasteiger partial charge is 0.450 e. The molecule has 1 aliphatic heterocycles. The Hall–Kier alpha value is -2.99. The number of ether oxygens (including phenoxy) is 1. The summed E-state index contributed by atoms with van der Waals surface area (Å²) in [6, 6.07) is 0.518. The lowest BCUT2D eigenvalue weighted by molar-refractivity contribution is -0.144. The Kier molecular flexibility index (Phi) is 6.83. The summed E-state index contributed by atoms with van der Waals surface area (Å²) in [4.78, 5) is 38.2. The lowest BCUT2D eigenvalue weighted by atomic mass is 10.1. The van der Waals surface area contributed by atoms with Crippen molar-refractivity contribution in [2.75, 3.05) is 38.1 Å². The van der Waals surface area contributed by atoms with E-state index >= 15 is 0 Å². The highest BCUT2D eigenvalue weighted by Crippen LogP contribution is 2.37. The number of alkyl halides is 6. The molecule has 30 heavy (non-hydrogen) atoms. The SMILES string of the molecule is CCOC(=O)N1CCN(C(=O)C(=O)Nc2cc(C(F)(F)F)cc(C(F)(F)F)c2)CC1. The van der Waals surface area contributed by atoms with Gasteiger partial charge in [-0.15, -0.1) is 0 Å². The number of piperazine rings is 1. The van der Waals surface area contributed by atoms with Gasteiger partial charge in [0.2, 0.25) is 0 Å². The average Bonchev–Trinajstić information content (AvgIpc) is 2.66. The highest BCUT2D eigenvalue weighted by Gasteiger charge is 2.37. The van der Waals surface area contributed by atoms with Gasteiger partial charge < -0.3 is 19.9 Å². The van der Waals surface area contributed by atoms with Gasteiger partial charge in [-0.1, -0.05) is 0 Å². The second kappa shape index (κ2) is 8.79. The first-order chi connectivity index (χ1) is 13.8. The van der Waals surface area contributed by atoms with Crippen LogP contribution in [0.15, 0.2) is 18.2 Å². The van der Waals surface area contributed by atoms with Crippen molar-refractivity contribution >= 4 is 23.6 Å². The number of halogens is 6. The van der Waals surface area contributed by atoms with Gasteiger partial charge in [0.1, 0.15) is 0 Å². The molecule has 166 valence electrons. The monoisotopic (exact) mass is 441 g/mol. The predicted octanol–water partition coefficient (Wildman–Crippen LogP) is 2.96. The van der Waals surface area contributed by atoms with Crippen molar-refractivity contribution < 1.29 is 45.5 Å². The van der Waals surface area contributed by atoms with Crippen molar-refractivity contribution in [2.24, 2.45) is 0 Å². The Morgan fingerprint density at radius 1 is 0.900 bits per heavy atom. The van der Waals surface area contributed by atoms with Crippen LogP contribution in [0.25, 0.3) is 0 Å². The van der Waals surface area contributed by atoms with Gasteiger partial charge in [0, 0.05) is 31.9 Å². The van der Waals surface area contributed by atoms with E-state index in [0.717, 1.165) is 4.90 Å². The van der Waals surface area contributed by atoms with E-state index < -0.39 is 47.1 Å². The van der Waals surface area contributed by atoms with E-state index in [1.807, 2.05) is 0 Å². The van der Waals surface area contributed by atoms with Crippen LogP contribution >= 0.6 is 0 Å². The molecule has 0 atom stereocenters. The van der Waals surface area contributed by atoms with Gasteiger partial charge in [-0.3, -0.25) is 9.59 Å². The summed E-state index contributed by atoms with van der Waals surface area (Å²) in [5, 5.41) is 1.78. The minimum Gasteiger partial charge on any atom is -0.450 e. The minimum absolute atomic E-state index is 0.0541. The molecule has 0 unspecified atom stereocenters. The van der Waals surface area contributed by atoms with Crippen LogP contribution in [0.1, 0.15) is 18.1 Å². The third-order valence-corrected chi connectivity index (χ3v) is 4.13. The Balaban J connectivity index is 2.10. The molecule has 3 amide bonds. The van der Waals surface area contributed by atoms with Gasteiger partial charge in [0.05, 0.1) is 17.7 Å². The quantitative estimate of drug-likeness (QED) is 0.566. The molecule has 0 aliphatic carbocycles. The number of anilines is 1. The lowest BCUT2D eigenvalue weighted by Gasteiger charge is -2.33. The summed E-state index contributed by atoms with van der Waals surface area (Å²) in [6.45, 7) is 1.76. The van der Waals surface area contributed by atoms with Crippen molar-refractivity contribution in [2.45, 2.75) is 19.3 Å². The number of rotatable bonds is 2. The van der Waals surface area contributed by atoms with Crippen LogP contribution in [0, 0.1) is 0 Å². The van der Waals surface area contributed by atoms with Crippen molar-refractivity contribution in [3.63, 3.8) is 0 Å². The van der Waals surface area contributed by atoms with Crippen LogP contribution in [0.2, 0.25) is 0 Å². The van der Waals surface area contributed by atoms with Crippen LogP contribution in [-0.4, -0.2) is 60.5 Å². The molecule has 0 spiro atoms. The molecule has 1 aromatic rings. The minimum atomic E-state index is -5.09. The van der Waals surface area contributed by atoms with Gasteiger partial charge in [-0.05, 0) is 25.1 Å². The first kappa shape index (κ1) is 23.3. The van der Waals surface area contributed by atoms with Gasteiger partial charge >= 0.3 is 30.3 Å². The average molecular weight is 441 g/mol. The fourth-order valence-electron chi connectivity index (χ4n) is 2.66. The number of hydrogen-bond donors (Lipinski definition) is 1. The number of amides is 3. The number of benzene rings is 1. The number of carbonyl (C=O) groups excluding carboxylic acids is 3. The zero-order valence-electron chi connectivity index (χ0n) is 15.6. The molecular weight excluding hydrogens is 424 g/mol. The summed E-state index contributed by atoms with van der Waals surface area (Å²) in [7, 11) is 0. The van der Waals surface area contributed by atoms with Gasteiger partial charge in [-0.2, -0.15) is 26.3 Å². The molecule has 1 fully saturated rings. The third kappa shape index (κ3) is 5.76. The highest BCUT2D eigenvalue weighted by molar-refractivity contribution is 6.39. The lowest BCUT2D eigenvalue weighted by Crippen LogP contribution is -2.53. The molecule has 0 radical (unpaired) electrons. The van der Waals surface area contributed by atoms with Crippen LogP contribution in [0.4, 0.5) is 36.8 Å². The standard InChI is InChI=1S/C17H17F6N3O4/c1-2-30-15(29)26-5-3-25(4-6-26)14(28)13(27)24-12-8-10(16(18,19)20)7-11(9-12)17(21,22)23/h7-9H,2-6H2,1H3,(H,24,27). The smallest absolute Gasteiger partial charge is 0.416 e. The molecule has 1 saturated heterocycles. The van der Waals surface area contributed by atoms with Crippen molar-refractivity contribution in [3.8, 4) is 0 Å². The molecule has 1 heterocycles. The summed E-state index contributed by atoms with van der Waals surface area (Å²) in [6.07, 6.45) is -10.8. The molecule has 0 bridgehead atoms. The molecule has 13 heteroatoms. The van der Waals surface area contributed by atoms with E-state index in [1.54, 1.807) is 12.2 Å². The van der Waals surface area contributed by atoms with Crippen LogP contribution in [0.5, 0.6) is 0 Å². The van der Waals surface area contributed by atoms with E-state index in [0.29, 0.717) is 12.1 Å². The van der Waals surface area contributed by atoms with E-state index in [9.17, 15) is 40.7 Å². The normalized spacial score (nSPS) is 15.0. The molecule has 1 aromatic carbocycles. The first-order valence-corrected chi connectivity index (χ1v) is 8.64. The van der Waals surface area contributed by atoms with Gasteiger partial charge in [0.15, 0.2) is 0 Å². The zero-order valence-corrected chi connectivity index (χ0v) is 15.6. The van der Waals surface area contributed by atoms with Crippen molar-refractivity contribution in [1.82, 2.24) is 9.80 Å². The van der Waals surface area contributed by atoms with E-state index in [-0.39, 0.29) is 38.9 Å². The second-order valence-electron chi connectivity index (χ2n) is 6.23. The van der Waals surface area contributed by atoms with Gasteiger partial charge in [0.25, 0.3) is 0 Å². The van der Waals surface area contributed by atoms with E-state index in [4.69, 9.17) is 4.74 Å². The number of carbonyl (C=O) groups is 3. The predicted molar refractivity (Wildman–Crippen MR) is 90.3 cm³/mol. The molecule has 0 saturated carbocycles. The molecule has 2 rings (SSSR count). The Bertz CT molecular complexity index is 784. The molecule has 7 nitrogen and oxygen atoms in total. The highest BCUT2D eigenvalue weighted by atomic mass is 19.4. The zero-order chi connectivity index (χ0) is 22.7.